The van der Waals surface area contributed by atoms with Crippen molar-refractivity contribution in [1.29, 1.82) is 0 Å². The Bertz CT molecular complexity index is 1780. The summed E-state index contributed by atoms with van der Waals surface area (Å²) >= 11 is 0. The number of fused-ring (bicyclic) bond motifs is 14. The van der Waals surface area contributed by atoms with Crippen LogP contribution in [0.15, 0.2) is 77.5 Å². The molecular formula is C34H32N2O+2. The molecule has 1 aliphatic carbocycles. The number of aryl methyl sites for hydroxylation is 3. The van der Waals surface area contributed by atoms with Crippen LogP contribution in [0.3, 0.4) is 0 Å². The lowest BCUT2D eigenvalue weighted by molar-refractivity contribution is -0.955. The summed E-state index contributed by atoms with van der Waals surface area (Å²) in [4.78, 5) is 0. The van der Waals surface area contributed by atoms with Crippen LogP contribution in [0.25, 0.3) is 33.5 Å². The van der Waals surface area contributed by atoms with E-state index in [4.69, 9.17) is 4.42 Å². The Morgan fingerprint density at radius 3 is 2.43 bits per heavy atom. The molecule has 1 unspecified atom stereocenters. The van der Waals surface area contributed by atoms with Crippen LogP contribution in [-0.2, 0) is 23.9 Å². The van der Waals surface area contributed by atoms with Crippen LogP contribution >= 0.6 is 0 Å². The molecule has 0 amide bonds. The van der Waals surface area contributed by atoms with Gasteiger partial charge in [0.15, 0.2) is 12.4 Å². The minimum absolute atomic E-state index is 0.0370. The van der Waals surface area contributed by atoms with Crippen molar-refractivity contribution in [3.63, 3.8) is 0 Å². The molecule has 182 valence electrons. The standard InChI is InChI=1S/C34H32N2O/c1-21-13-17-28-25-10-5-7-11-26(25)34(35(28)19-21)27-16-15-24-23-9-6-8-12-30(23)37-32(24)31(27)29-18-14-22(20-36(29)34)33(2,3)4/h5,7,10-11,13-20H,6,8-9,12H2,1-4H3/q+2. The molecule has 0 radical (unpaired) electrons. The SMILES string of the molecule is Cc1ccc2[n+](c1)C1(c3ccccc3-2)c2ccc3c4c(oc3c2-c2ccc(C(C)(C)C)c[n+]21)CCCC4. The first-order valence-electron chi connectivity index (χ1n) is 13.7. The molecule has 1 atom stereocenters. The maximum atomic E-state index is 6.77. The molecule has 5 aromatic rings. The Labute approximate surface area is 218 Å². The zero-order valence-electron chi connectivity index (χ0n) is 22.1. The van der Waals surface area contributed by atoms with E-state index < -0.39 is 5.66 Å². The maximum Gasteiger partial charge on any atom is 0.417 e. The van der Waals surface area contributed by atoms with Crippen LogP contribution in [0.1, 0.15) is 67.2 Å². The number of furan rings is 1. The van der Waals surface area contributed by atoms with Gasteiger partial charge < -0.3 is 4.42 Å². The van der Waals surface area contributed by atoms with E-state index in [1.165, 1.54) is 74.3 Å². The van der Waals surface area contributed by atoms with E-state index in [0.717, 1.165) is 18.4 Å². The van der Waals surface area contributed by atoms with Crippen molar-refractivity contribution in [3.8, 4) is 22.5 Å². The molecule has 5 heterocycles. The fraction of sp³-hybridized carbons (Fsp3) is 0.294. The molecule has 37 heavy (non-hydrogen) atoms. The van der Waals surface area contributed by atoms with Crippen molar-refractivity contribution in [2.75, 3.05) is 0 Å². The van der Waals surface area contributed by atoms with Gasteiger partial charge in [-0.15, -0.1) is 9.13 Å². The van der Waals surface area contributed by atoms with Gasteiger partial charge in [-0.05, 0) is 68.0 Å². The third kappa shape index (κ3) is 2.57. The molecule has 0 fully saturated rings. The van der Waals surface area contributed by atoms with Gasteiger partial charge in [0, 0.05) is 40.6 Å². The highest BCUT2D eigenvalue weighted by Gasteiger charge is 2.67. The van der Waals surface area contributed by atoms with Gasteiger partial charge in [0.25, 0.3) is 0 Å². The first-order chi connectivity index (χ1) is 17.9. The summed E-state index contributed by atoms with van der Waals surface area (Å²) in [6.07, 6.45) is 9.38. The number of hydrogen-bond acceptors (Lipinski definition) is 1. The van der Waals surface area contributed by atoms with Crippen molar-refractivity contribution < 1.29 is 13.6 Å². The van der Waals surface area contributed by atoms with Gasteiger partial charge in [0.05, 0.1) is 5.56 Å². The van der Waals surface area contributed by atoms with E-state index in [1.807, 2.05) is 0 Å². The van der Waals surface area contributed by atoms with Crippen molar-refractivity contribution in [3.05, 3.63) is 107 Å². The largest absolute Gasteiger partial charge is 0.460 e. The van der Waals surface area contributed by atoms with E-state index in [1.54, 1.807) is 0 Å². The second-order valence-corrected chi connectivity index (χ2v) is 12.2. The smallest absolute Gasteiger partial charge is 0.417 e. The van der Waals surface area contributed by atoms with Crippen LogP contribution in [0.4, 0.5) is 0 Å². The van der Waals surface area contributed by atoms with E-state index in [9.17, 15) is 0 Å². The lowest BCUT2D eigenvalue weighted by atomic mass is 9.87. The van der Waals surface area contributed by atoms with Gasteiger partial charge in [-0.3, -0.25) is 0 Å². The third-order valence-corrected chi connectivity index (χ3v) is 8.94. The minimum atomic E-state index is -0.495. The Hall–Kier alpha value is -3.72. The summed E-state index contributed by atoms with van der Waals surface area (Å²) in [5, 5.41) is 1.30. The Morgan fingerprint density at radius 1 is 0.784 bits per heavy atom. The molecule has 2 aromatic carbocycles. The average Bonchev–Trinajstić information content (AvgIpc) is 3.51. The van der Waals surface area contributed by atoms with E-state index in [0.29, 0.717) is 0 Å². The maximum absolute atomic E-state index is 6.77. The van der Waals surface area contributed by atoms with Crippen LogP contribution in [0.2, 0.25) is 0 Å². The van der Waals surface area contributed by atoms with Gasteiger partial charge >= 0.3 is 5.66 Å². The second-order valence-electron chi connectivity index (χ2n) is 12.2. The van der Waals surface area contributed by atoms with Crippen LogP contribution in [-0.4, -0.2) is 0 Å². The van der Waals surface area contributed by atoms with Crippen molar-refractivity contribution >= 4 is 11.0 Å². The number of nitrogens with zero attached hydrogens (tertiary/aromatic N) is 2. The topological polar surface area (TPSA) is 20.9 Å². The summed E-state index contributed by atoms with van der Waals surface area (Å²) in [5.41, 5.74) is 12.3. The predicted molar refractivity (Wildman–Crippen MR) is 146 cm³/mol. The molecule has 0 saturated heterocycles. The normalized spacial score (nSPS) is 19.0. The zero-order valence-corrected chi connectivity index (χ0v) is 22.1. The number of hydrogen-bond donors (Lipinski definition) is 0. The van der Waals surface area contributed by atoms with Crippen molar-refractivity contribution in [1.82, 2.24) is 0 Å². The lowest BCUT2D eigenvalue weighted by Gasteiger charge is -2.21. The molecule has 0 bridgehead atoms. The number of aromatic nitrogens is 2. The fourth-order valence-corrected chi connectivity index (χ4v) is 7.17. The van der Waals surface area contributed by atoms with Gasteiger partial charge in [0.1, 0.15) is 28.0 Å². The highest BCUT2D eigenvalue weighted by atomic mass is 16.3. The highest BCUT2D eigenvalue weighted by molar-refractivity contribution is 5.97. The number of rotatable bonds is 0. The molecule has 1 spiro atoms. The average molecular weight is 485 g/mol. The summed E-state index contributed by atoms with van der Waals surface area (Å²) in [7, 11) is 0. The highest BCUT2D eigenvalue weighted by Crippen LogP contribution is 2.50. The Kier molecular flexibility index (Phi) is 4.03. The molecule has 3 nitrogen and oxygen atoms in total. The Balaban J connectivity index is 1.57. The predicted octanol–water partition coefficient (Wildman–Crippen LogP) is 6.75. The lowest BCUT2D eigenvalue weighted by Crippen LogP contribution is -2.71. The van der Waals surface area contributed by atoms with Gasteiger partial charge in [0.2, 0.25) is 11.4 Å². The van der Waals surface area contributed by atoms with E-state index >= 15 is 0 Å². The molecule has 0 saturated carbocycles. The summed E-state index contributed by atoms with van der Waals surface area (Å²) in [6.45, 7) is 9.10. The third-order valence-electron chi connectivity index (χ3n) is 8.94. The molecular weight excluding hydrogens is 452 g/mol. The molecule has 0 N–H and O–H groups in total. The first-order valence-corrected chi connectivity index (χ1v) is 13.7. The second kappa shape index (κ2) is 6.98. The van der Waals surface area contributed by atoms with Crippen LogP contribution in [0, 0.1) is 6.92 Å². The summed E-state index contributed by atoms with van der Waals surface area (Å²) < 4.78 is 11.8. The van der Waals surface area contributed by atoms with Crippen molar-refractivity contribution in [2.24, 2.45) is 0 Å². The summed E-state index contributed by atoms with van der Waals surface area (Å²) in [6, 6.07) is 22.9. The van der Waals surface area contributed by atoms with Crippen molar-refractivity contribution in [2.45, 2.75) is 64.5 Å². The molecule has 3 aliphatic rings. The minimum Gasteiger partial charge on any atom is -0.460 e. The van der Waals surface area contributed by atoms with E-state index in [2.05, 4.69) is 110 Å². The zero-order chi connectivity index (χ0) is 25.1. The van der Waals surface area contributed by atoms with Gasteiger partial charge in [-0.2, -0.15) is 0 Å². The summed E-state index contributed by atoms with van der Waals surface area (Å²) in [5.74, 6) is 1.20. The van der Waals surface area contributed by atoms with Crippen LogP contribution in [0.5, 0.6) is 0 Å². The molecule has 2 aliphatic heterocycles. The molecule has 3 heteroatoms. The van der Waals surface area contributed by atoms with Crippen LogP contribution < -0.4 is 9.13 Å². The Morgan fingerprint density at radius 2 is 1.57 bits per heavy atom. The molecule has 8 rings (SSSR count). The quantitative estimate of drug-likeness (QED) is 0.218. The number of benzene rings is 2. The fourth-order valence-electron chi connectivity index (χ4n) is 7.17. The first kappa shape index (κ1) is 21.4. The van der Waals surface area contributed by atoms with Gasteiger partial charge in [-0.25, -0.2) is 0 Å². The monoisotopic (exact) mass is 484 g/mol. The van der Waals surface area contributed by atoms with Gasteiger partial charge in [-0.1, -0.05) is 32.9 Å². The number of pyridine rings is 2. The van der Waals surface area contributed by atoms with E-state index in [-0.39, 0.29) is 5.41 Å². The molecule has 3 aromatic heterocycles.